The van der Waals surface area contributed by atoms with Crippen molar-refractivity contribution >= 4 is 1130 Å². The molecule has 0 aliphatic heterocycles. The molecule has 0 unspecified atom stereocenters. The minimum Gasteiger partial charge on any atom is -1.00 e. The van der Waals surface area contributed by atoms with E-state index in [-0.39, 0.29) is 1170 Å². The van der Waals surface area contributed by atoms with Crippen molar-refractivity contribution in [1.82, 2.24) is 0 Å². The van der Waals surface area contributed by atoms with Crippen molar-refractivity contribution < 1.29 is 42.0 Å². The van der Waals surface area contributed by atoms with Crippen LogP contribution in [0.1, 0.15) is 0 Å². The van der Waals surface area contributed by atoms with Gasteiger partial charge in [0.15, 0.2) is 0 Å². The van der Waals surface area contributed by atoms with Gasteiger partial charge in [0, 0.05) is 0 Å². The summed E-state index contributed by atoms with van der Waals surface area (Å²) < 4.78 is 0. The van der Waals surface area contributed by atoms with Crippen molar-refractivity contribution in [2.24, 2.45) is 0 Å². The Balaban J connectivity index is 0. The van der Waals surface area contributed by atoms with Crippen LogP contribution in [0.2, 0.25) is 0 Å². The van der Waals surface area contributed by atoms with Crippen LogP contribution >= 0.6 is 1130 Å². The molecule has 0 aliphatic carbocycles. The molecule has 0 aromatic rings. The molecule has 0 saturated heterocycles. The van der Waals surface area contributed by atoms with Gasteiger partial charge in [0.1, 0.15) is 0 Å². The Morgan fingerprint density at radius 2 is 0.0323 bits per heavy atom. The smallest absolute Gasteiger partial charge is 1.00 e. The second kappa shape index (κ2) is 2200. The van der Waals surface area contributed by atoms with Gasteiger partial charge in [0.25, 0.3) is 0 Å². The van der Waals surface area contributed by atoms with E-state index >= 15 is 0 Å². The van der Waals surface area contributed by atoms with Crippen molar-refractivity contribution in [3.05, 3.63) is 0 Å². The van der Waals surface area contributed by atoms with Crippen molar-refractivity contribution in [3.8, 4) is 0 Å². The molecule has 0 aromatic heterocycles. The first-order valence-corrected chi connectivity index (χ1v) is 0. The van der Waals surface area contributed by atoms with Crippen LogP contribution in [0.25, 0.3) is 0 Å². The van der Waals surface area contributed by atoms with E-state index in [4.69, 9.17) is 0 Å². The summed E-state index contributed by atoms with van der Waals surface area (Å²) in [5.74, 6) is 0. The molecule has 0 aliphatic rings. The summed E-state index contributed by atoms with van der Waals surface area (Å²) in [5.41, 5.74) is 0. The normalized spacial score (nSPS) is 0. The van der Waals surface area contributed by atoms with Crippen LogP contribution in [0.4, 0.5) is 0 Å². The summed E-state index contributed by atoms with van der Waals surface area (Å²) in [4.78, 5) is 0. The van der Waals surface area contributed by atoms with E-state index in [9.17, 15) is 0 Å². The molecular formula is H91Cl92Na. The Morgan fingerprint density at radius 1 is 0.0323 bits per heavy atom. The Labute approximate surface area is 1150 Å². The molecule has 0 aromatic carbocycles. The zero-order valence-corrected chi connectivity index (χ0v) is 116. The molecule has 0 heterocycles. The average molecular weight is 3380 g/mol. The van der Waals surface area contributed by atoms with Gasteiger partial charge in [-0.3, -0.25) is 0 Å². The Hall–Kier alpha value is 27.7. The summed E-state index contributed by atoms with van der Waals surface area (Å²) in [5, 5.41) is 0. The predicted molar refractivity (Wildman–Crippen MR) is 660 cm³/mol. The van der Waals surface area contributed by atoms with Crippen LogP contribution in [-0.4, -0.2) is 0 Å². The molecule has 0 saturated carbocycles. The molecule has 0 N–H and O–H groups in total. The van der Waals surface area contributed by atoms with Crippen molar-refractivity contribution in [2.75, 3.05) is 0 Å². The molecule has 0 nitrogen and oxygen atoms in total. The van der Waals surface area contributed by atoms with E-state index < -0.39 is 0 Å². The van der Waals surface area contributed by atoms with E-state index in [2.05, 4.69) is 0 Å². The predicted octanol–water partition coefficient (Wildman–Crippen LogP) is 32.4. The second-order valence-electron chi connectivity index (χ2n) is 0. The molecule has 93 heteroatoms. The SMILES string of the molecule is Cl.Cl.Cl.Cl.Cl.Cl.Cl.Cl.Cl.Cl.Cl.Cl.Cl.Cl.Cl.Cl.Cl.Cl.Cl.Cl.Cl.Cl.Cl.Cl.Cl.Cl.Cl.Cl.Cl.Cl.Cl.Cl.Cl.Cl.Cl.Cl.Cl.Cl.Cl.Cl.Cl.Cl.Cl.Cl.Cl.Cl.Cl.Cl.Cl.Cl.Cl.Cl.Cl.Cl.Cl.Cl.Cl.Cl.Cl.Cl.Cl.Cl.Cl.Cl.Cl.Cl.Cl.Cl.Cl.Cl.Cl.Cl.Cl.Cl.Cl.Cl.Cl.Cl.Cl.Cl.Cl.Cl.Cl.Cl.Cl.Cl.Cl.Cl.Cl.Cl.Cl.[Cl-].[Na+]. The molecule has 0 amide bonds. The maximum Gasteiger partial charge on any atom is 1.00 e. The van der Waals surface area contributed by atoms with Crippen molar-refractivity contribution in [1.29, 1.82) is 0 Å². The van der Waals surface area contributed by atoms with Gasteiger partial charge in [-0.2, -0.15) is 0 Å². The monoisotopic (exact) mass is 3330 g/mol. The third kappa shape index (κ3) is 2160. The molecule has 0 radical (unpaired) electrons. The van der Waals surface area contributed by atoms with Crippen LogP contribution in [0.15, 0.2) is 0 Å². The second-order valence-corrected chi connectivity index (χ2v) is 0. The van der Waals surface area contributed by atoms with Crippen LogP contribution in [0, 0.1) is 0 Å². The third-order valence-corrected chi connectivity index (χ3v) is 0. The first-order valence-electron chi connectivity index (χ1n) is 0. The van der Waals surface area contributed by atoms with E-state index in [0.29, 0.717) is 0 Å². The molecule has 0 atom stereocenters. The maximum atomic E-state index is 0. The van der Waals surface area contributed by atoms with E-state index in [1.807, 2.05) is 0 Å². The standard InChI is InChI=1S/92ClH.Na/h92*1H;/q;;;;;;;;;;;;;;;;;;;;;;;;;;;;;;;;;;;;;;;;;;;;;;;;;;;;;;;;;;;;;;;;;;;;;;;;;;;;;;;;;;;;;;;;;;;;+1/p-1. The number of rotatable bonds is 0. The molecule has 736 valence electrons. The Bertz CT molecular complexity index is 7.97. The van der Waals surface area contributed by atoms with Gasteiger partial charge in [-0.05, 0) is 0 Å². The Kier molecular flexibility index (Phi) is 53400. The first-order chi connectivity index (χ1) is 0. The van der Waals surface area contributed by atoms with Crippen molar-refractivity contribution in [3.63, 3.8) is 0 Å². The van der Waals surface area contributed by atoms with E-state index in [0.717, 1.165) is 0 Å². The largest absolute Gasteiger partial charge is 1.00 e. The number of hydrogen-bond donors (Lipinski definition) is 0. The first kappa shape index (κ1) is 2260. The third-order valence-electron chi connectivity index (χ3n) is 0. The molecule has 0 spiro atoms. The fraction of sp³-hybridized carbons (Fsp3) is 0. The summed E-state index contributed by atoms with van der Waals surface area (Å²) >= 11 is 0. The van der Waals surface area contributed by atoms with Gasteiger partial charge in [0.2, 0.25) is 0 Å². The van der Waals surface area contributed by atoms with Gasteiger partial charge in [-0.1, -0.05) is 0 Å². The van der Waals surface area contributed by atoms with Crippen LogP contribution in [-0.2, 0) is 0 Å². The maximum absolute atomic E-state index is 0. The number of hydrogen-bond acceptors (Lipinski definition) is 0. The fourth-order valence-electron chi connectivity index (χ4n) is 0. The van der Waals surface area contributed by atoms with Gasteiger partial charge in [-0.15, -0.1) is 1130 Å². The molecule has 93 heavy (non-hydrogen) atoms. The van der Waals surface area contributed by atoms with E-state index in [1.54, 1.807) is 0 Å². The molecule has 0 rings (SSSR count). The zero-order chi connectivity index (χ0) is 0. The average Bonchev–Trinajstić information content (AvgIpc) is 0. The Morgan fingerprint density at radius 3 is 0.0323 bits per heavy atom. The van der Waals surface area contributed by atoms with Gasteiger partial charge >= 0.3 is 29.6 Å². The van der Waals surface area contributed by atoms with Gasteiger partial charge in [-0.25, -0.2) is 0 Å². The minimum absolute atomic E-state index is 0. The molecule has 0 fully saturated rings. The molecular weight excluding hydrogens is 3280 g/mol. The zero-order valence-electron chi connectivity index (χ0n) is 38.5. The quantitative estimate of drug-likeness (QED) is 0.212. The van der Waals surface area contributed by atoms with Crippen molar-refractivity contribution in [2.45, 2.75) is 0 Å². The van der Waals surface area contributed by atoms with Crippen LogP contribution < -0.4 is 42.0 Å². The summed E-state index contributed by atoms with van der Waals surface area (Å²) in [6.07, 6.45) is 0. The minimum atomic E-state index is 0. The molecule has 0 bridgehead atoms. The number of halogens is 92. The van der Waals surface area contributed by atoms with E-state index in [1.165, 1.54) is 0 Å². The topological polar surface area (TPSA) is 0 Å². The summed E-state index contributed by atoms with van der Waals surface area (Å²) in [6, 6.07) is 0. The fourth-order valence-corrected chi connectivity index (χ4v) is 0. The summed E-state index contributed by atoms with van der Waals surface area (Å²) in [6.45, 7) is 0. The van der Waals surface area contributed by atoms with Gasteiger partial charge in [0.05, 0.1) is 0 Å². The van der Waals surface area contributed by atoms with Crippen LogP contribution in [0.5, 0.6) is 0 Å². The van der Waals surface area contributed by atoms with Crippen LogP contribution in [0.3, 0.4) is 0 Å². The van der Waals surface area contributed by atoms with Gasteiger partial charge < -0.3 is 12.4 Å². The summed E-state index contributed by atoms with van der Waals surface area (Å²) in [7, 11) is 0.